The van der Waals surface area contributed by atoms with E-state index in [2.05, 4.69) is 42.6 Å². The number of ether oxygens (including phenoxy) is 1. The Balaban J connectivity index is 2.14. The van der Waals surface area contributed by atoms with Gasteiger partial charge in [-0.25, -0.2) is 4.98 Å². The van der Waals surface area contributed by atoms with Gasteiger partial charge in [0.15, 0.2) is 0 Å². The molecular weight excluding hydrogens is 318 g/mol. The van der Waals surface area contributed by atoms with Gasteiger partial charge in [-0.2, -0.15) is 0 Å². The van der Waals surface area contributed by atoms with Crippen LogP contribution in [0.4, 0.5) is 0 Å². The van der Waals surface area contributed by atoms with Gasteiger partial charge in [0.1, 0.15) is 17.2 Å². The van der Waals surface area contributed by atoms with Crippen molar-refractivity contribution in [2.45, 2.75) is 13.7 Å². The summed E-state index contributed by atoms with van der Waals surface area (Å²) in [7, 11) is 0. The molecule has 5 heteroatoms. The number of nitrogens with zero attached hydrogens (tertiary/aromatic N) is 3. The molecule has 0 radical (unpaired) electrons. The lowest BCUT2D eigenvalue weighted by molar-refractivity contribution is 0.0926. The third-order valence-corrected chi connectivity index (χ3v) is 3.67. The van der Waals surface area contributed by atoms with Crippen molar-refractivity contribution in [2.24, 2.45) is 4.99 Å². The van der Waals surface area contributed by atoms with Crippen LogP contribution in [0.5, 0.6) is 0 Å². The summed E-state index contributed by atoms with van der Waals surface area (Å²) in [5.41, 5.74) is 3.13. The predicted octanol–water partition coefficient (Wildman–Crippen LogP) is 3.73. The molecule has 0 atom stereocenters. The zero-order chi connectivity index (χ0) is 13.9. The maximum atomic E-state index is 5.64. The number of hydrogen-bond acceptors (Lipinski definition) is 3. The SMILES string of the molecule is CC=N/C=C1\COCn2c1nc(Br)c2-c1ccccc1. The van der Waals surface area contributed by atoms with Crippen LogP contribution in [0.2, 0.25) is 0 Å². The topological polar surface area (TPSA) is 39.4 Å². The van der Waals surface area contributed by atoms with Crippen LogP contribution in [0, 0.1) is 0 Å². The van der Waals surface area contributed by atoms with Crippen molar-refractivity contribution in [1.82, 2.24) is 9.55 Å². The molecule has 1 aromatic heterocycles. The maximum Gasteiger partial charge on any atom is 0.143 e. The first kappa shape index (κ1) is 13.3. The molecular formula is C15H14BrN3O. The molecule has 1 aromatic carbocycles. The van der Waals surface area contributed by atoms with Crippen LogP contribution in [0.25, 0.3) is 16.8 Å². The second-order valence-electron chi connectivity index (χ2n) is 4.41. The molecule has 0 N–H and O–H groups in total. The van der Waals surface area contributed by atoms with Gasteiger partial charge in [-0.15, -0.1) is 0 Å². The molecule has 20 heavy (non-hydrogen) atoms. The average molecular weight is 332 g/mol. The van der Waals surface area contributed by atoms with Crippen molar-refractivity contribution in [2.75, 3.05) is 6.61 Å². The van der Waals surface area contributed by atoms with Gasteiger partial charge < -0.3 is 4.74 Å². The van der Waals surface area contributed by atoms with E-state index in [1.807, 2.05) is 25.1 Å². The van der Waals surface area contributed by atoms with E-state index >= 15 is 0 Å². The van der Waals surface area contributed by atoms with E-state index in [1.54, 1.807) is 12.4 Å². The fraction of sp³-hybridized carbons (Fsp3) is 0.200. The molecule has 0 spiro atoms. The molecule has 0 aliphatic carbocycles. The summed E-state index contributed by atoms with van der Waals surface area (Å²) < 4.78 is 8.54. The summed E-state index contributed by atoms with van der Waals surface area (Å²) in [6.07, 6.45) is 3.56. The molecule has 2 aromatic rings. The lowest BCUT2D eigenvalue weighted by atomic mass is 10.1. The van der Waals surface area contributed by atoms with Gasteiger partial charge >= 0.3 is 0 Å². The number of halogens is 1. The quantitative estimate of drug-likeness (QED) is 0.786. The summed E-state index contributed by atoms with van der Waals surface area (Å²) in [5.74, 6) is 0.910. The first-order valence-electron chi connectivity index (χ1n) is 6.37. The van der Waals surface area contributed by atoms with E-state index in [4.69, 9.17) is 4.74 Å². The monoisotopic (exact) mass is 331 g/mol. The minimum atomic E-state index is 0.505. The average Bonchev–Trinajstić information content (AvgIpc) is 2.82. The minimum Gasteiger partial charge on any atom is -0.356 e. The Bertz CT molecular complexity index is 674. The first-order chi connectivity index (χ1) is 9.81. The van der Waals surface area contributed by atoms with Crippen LogP contribution >= 0.6 is 15.9 Å². The highest BCUT2D eigenvalue weighted by Gasteiger charge is 2.23. The van der Waals surface area contributed by atoms with Crippen LogP contribution < -0.4 is 0 Å². The molecule has 1 aliphatic heterocycles. The van der Waals surface area contributed by atoms with Crippen molar-refractivity contribution in [3.63, 3.8) is 0 Å². The van der Waals surface area contributed by atoms with Gasteiger partial charge in [0.25, 0.3) is 0 Å². The fourth-order valence-corrected chi connectivity index (χ4v) is 2.85. The predicted molar refractivity (Wildman–Crippen MR) is 83.5 cm³/mol. The van der Waals surface area contributed by atoms with Gasteiger partial charge in [0.2, 0.25) is 0 Å². The number of imidazole rings is 1. The van der Waals surface area contributed by atoms with Crippen molar-refractivity contribution < 1.29 is 4.74 Å². The summed E-state index contributed by atoms with van der Waals surface area (Å²) in [6.45, 7) is 2.93. The van der Waals surface area contributed by atoms with Gasteiger partial charge in [0.05, 0.1) is 12.3 Å². The van der Waals surface area contributed by atoms with E-state index in [0.717, 1.165) is 27.3 Å². The highest BCUT2D eigenvalue weighted by atomic mass is 79.9. The molecule has 3 rings (SSSR count). The van der Waals surface area contributed by atoms with Crippen LogP contribution in [-0.4, -0.2) is 22.4 Å². The molecule has 1 aliphatic rings. The van der Waals surface area contributed by atoms with Crippen molar-refractivity contribution in [3.8, 4) is 11.3 Å². The van der Waals surface area contributed by atoms with Gasteiger partial charge in [-0.05, 0) is 22.9 Å². The number of benzene rings is 1. The Morgan fingerprint density at radius 1 is 1.35 bits per heavy atom. The van der Waals surface area contributed by atoms with Crippen LogP contribution in [0.15, 0.2) is 46.1 Å². The second kappa shape index (κ2) is 5.73. The molecule has 0 saturated heterocycles. The molecule has 102 valence electrons. The zero-order valence-corrected chi connectivity index (χ0v) is 12.7. The van der Waals surface area contributed by atoms with Crippen LogP contribution in [-0.2, 0) is 11.5 Å². The summed E-state index contributed by atoms with van der Waals surface area (Å²) in [6, 6.07) is 10.2. The van der Waals surface area contributed by atoms with Crippen LogP contribution in [0.3, 0.4) is 0 Å². The molecule has 0 saturated carbocycles. The third-order valence-electron chi connectivity index (χ3n) is 3.12. The Morgan fingerprint density at radius 3 is 2.90 bits per heavy atom. The summed E-state index contributed by atoms with van der Waals surface area (Å²) >= 11 is 3.56. The zero-order valence-electron chi connectivity index (χ0n) is 11.1. The molecule has 0 bridgehead atoms. The van der Waals surface area contributed by atoms with E-state index < -0.39 is 0 Å². The molecule has 0 unspecified atom stereocenters. The largest absolute Gasteiger partial charge is 0.356 e. The van der Waals surface area contributed by atoms with Crippen molar-refractivity contribution in [1.29, 1.82) is 0 Å². The van der Waals surface area contributed by atoms with Gasteiger partial charge in [-0.1, -0.05) is 30.3 Å². The molecule has 2 heterocycles. The van der Waals surface area contributed by atoms with Crippen molar-refractivity contribution >= 4 is 27.7 Å². The summed E-state index contributed by atoms with van der Waals surface area (Å²) in [4.78, 5) is 8.79. The number of hydrogen-bond donors (Lipinski definition) is 0. The highest BCUT2D eigenvalue weighted by Crippen LogP contribution is 2.33. The van der Waals surface area contributed by atoms with E-state index in [-0.39, 0.29) is 0 Å². The maximum absolute atomic E-state index is 5.64. The highest BCUT2D eigenvalue weighted by molar-refractivity contribution is 9.10. The normalized spacial score (nSPS) is 16.8. The fourth-order valence-electron chi connectivity index (χ4n) is 2.24. The molecule has 0 fully saturated rings. The second-order valence-corrected chi connectivity index (χ2v) is 5.16. The van der Waals surface area contributed by atoms with Crippen LogP contribution in [0.1, 0.15) is 12.7 Å². The number of aromatic nitrogens is 2. The lowest BCUT2D eigenvalue weighted by Gasteiger charge is -2.19. The Kier molecular flexibility index (Phi) is 3.80. The number of aliphatic imine (C=N–C) groups is 1. The number of fused-ring (bicyclic) bond motifs is 1. The first-order valence-corrected chi connectivity index (χ1v) is 7.17. The standard InChI is InChI=1S/C15H14BrN3O/c1-2-17-8-12-9-20-10-19-13(14(16)18-15(12)19)11-6-4-3-5-7-11/h2-8H,9-10H2,1H3/b12-8+,17-2?. The minimum absolute atomic E-state index is 0.505. The number of rotatable bonds is 2. The Labute approximate surface area is 125 Å². The smallest absolute Gasteiger partial charge is 0.143 e. The van der Waals surface area contributed by atoms with Gasteiger partial charge in [0, 0.05) is 23.6 Å². The van der Waals surface area contributed by atoms with E-state index in [9.17, 15) is 0 Å². The third kappa shape index (κ3) is 2.34. The Hall–Kier alpha value is -1.72. The Morgan fingerprint density at radius 2 is 2.15 bits per heavy atom. The molecule has 4 nitrogen and oxygen atoms in total. The van der Waals surface area contributed by atoms with E-state index in [0.29, 0.717) is 13.3 Å². The van der Waals surface area contributed by atoms with Gasteiger partial charge in [-0.3, -0.25) is 9.56 Å². The lowest BCUT2D eigenvalue weighted by Crippen LogP contribution is -2.16. The molecule has 0 amide bonds. The summed E-state index contributed by atoms with van der Waals surface area (Å²) in [5, 5.41) is 0. The van der Waals surface area contributed by atoms with Crippen molar-refractivity contribution in [3.05, 3.63) is 47.0 Å². The van der Waals surface area contributed by atoms with E-state index in [1.165, 1.54) is 0 Å².